The van der Waals surface area contributed by atoms with E-state index in [2.05, 4.69) is 22.2 Å². The van der Waals surface area contributed by atoms with Gasteiger partial charge in [-0.1, -0.05) is 13.3 Å². The highest BCUT2D eigenvalue weighted by molar-refractivity contribution is 5.85. The van der Waals surface area contributed by atoms with Crippen LogP contribution in [0.2, 0.25) is 0 Å². The number of carbonyl (C=O) groups is 1. The van der Waals surface area contributed by atoms with Crippen LogP contribution in [-0.2, 0) is 4.79 Å². The molecule has 1 amide bonds. The summed E-state index contributed by atoms with van der Waals surface area (Å²) < 4.78 is 5.39. The first-order valence-electron chi connectivity index (χ1n) is 5.80. The number of hydrogen-bond donors (Lipinski definition) is 2. The van der Waals surface area contributed by atoms with E-state index in [4.69, 9.17) is 10.5 Å². The first-order chi connectivity index (χ1) is 8.63. The molecule has 0 unspecified atom stereocenters. The summed E-state index contributed by atoms with van der Waals surface area (Å²) in [6.07, 6.45) is 2.58. The summed E-state index contributed by atoms with van der Waals surface area (Å²) in [5.74, 6) is 0.647. The Morgan fingerprint density at radius 3 is 2.78 bits per heavy atom. The molecule has 0 spiro atoms. The fourth-order valence-corrected chi connectivity index (χ4v) is 1.36. The second kappa shape index (κ2) is 6.63. The van der Waals surface area contributed by atoms with Crippen molar-refractivity contribution >= 4 is 23.7 Å². The number of unbranched alkanes of at least 4 members (excludes halogenated alkanes) is 1. The second-order valence-corrected chi connectivity index (χ2v) is 3.76. The van der Waals surface area contributed by atoms with Crippen LogP contribution < -0.4 is 20.7 Å². The van der Waals surface area contributed by atoms with Gasteiger partial charge < -0.3 is 20.7 Å². The number of nitrogens with one attached hydrogen (secondary N) is 1. The van der Waals surface area contributed by atoms with Crippen molar-refractivity contribution in [3.05, 3.63) is 0 Å². The Morgan fingerprint density at radius 2 is 2.22 bits per heavy atom. The molecule has 7 nitrogen and oxygen atoms in total. The topological polar surface area (TPSA) is 93.4 Å². The number of rotatable bonds is 7. The molecular formula is C11H19N5O2. The van der Waals surface area contributed by atoms with Crippen LogP contribution in [0, 0.1) is 0 Å². The predicted molar refractivity (Wildman–Crippen MR) is 70.9 cm³/mol. The van der Waals surface area contributed by atoms with E-state index in [1.807, 2.05) is 0 Å². The van der Waals surface area contributed by atoms with Gasteiger partial charge in [0.05, 0.1) is 6.61 Å². The maximum absolute atomic E-state index is 10.8. The summed E-state index contributed by atoms with van der Waals surface area (Å²) in [5.41, 5.74) is 6.30. The molecule has 0 bridgehead atoms. The minimum Gasteiger partial charge on any atom is -0.463 e. The van der Waals surface area contributed by atoms with Crippen LogP contribution in [0.4, 0.5) is 17.3 Å². The predicted octanol–water partition coefficient (Wildman–Crippen LogP) is 0.872. The molecular weight excluding hydrogens is 234 g/mol. The van der Waals surface area contributed by atoms with Gasteiger partial charge >= 0.3 is 6.01 Å². The van der Waals surface area contributed by atoms with E-state index in [9.17, 15) is 4.79 Å². The SMILES string of the molecule is CCCCOc1nc(N)c(NC)c(N(C)C=O)n1. The maximum Gasteiger partial charge on any atom is 0.320 e. The van der Waals surface area contributed by atoms with Gasteiger partial charge in [0.2, 0.25) is 6.41 Å². The summed E-state index contributed by atoms with van der Waals surface area (Å²) >= 11 is 0. The number of carbonyl (C=O) groups excluding carboxylic acids is 1. The van der Waals surface area contributed by atoms with E-state index in [0.717, 1.165) is 12.8 Å². The Bertz CT molecular complexity index is 411. The van der Waals surface area contributed by atoms with Crippen LogP contribution in [-0.4, -0.2) is 37.1 Å². The van der Waals surface area contributed by atoms with E-state index in [1.54, 1.807) is 14.1 Å². The fraction of sp³-hybridized carbons (Fsp3) is 0.545. The molecule has 0 atom stereocenters. The van der Waals surface area contributed by atoms with Crippen molar-refractivity contribution in [3.8, 4) is 6.01 Å². The Kier molecular flexibility index (Phi) is 5.16. The zero-order valence-corrected chi connectivity index (χ0v) is 10.9. The molecule has 3 N–H and O–H groups in total. The van der Waals surface area contributed by atoms with Crippen molar-refractivity contribution in [2.45, 2.75) is 19.8 Å². The number of ether oxygens (including phenoxy) is 1. The second-order valence-electron chi connectivity index (χ2n) is 3.76. The molecule has 0 saturated carbocycles. The van der Waals surface area contributed by atoms with E-state index in [-0.39, 0.29) is 11.8 Å². The van der Waals surface area contributed by atoms with Crippen LogP contribution in [0.1, 0.15) is 19.8 Å². The lowest BCUT2D eigenvalue weighted by Crippen LogP contribution is -2.19. The van der Waals surface area contributed by atoms with Crippen molar-refractivity contribution in [2.75, 3.05) is 36.7 Å². The molecule has 1 aromatic rings. The molecule has 0 saturated heterocycles. The van der Waals surface area contributed by atoms with E-state index < -0.39 is 0 Å². The van der Waals surface area contributed by atoms with Crippen molar-refractivity contribution in [1.29, 1.82) is 0 Å². The van der Waals surface area contributed by atoms with Gasteiger partial charge in [0, 0.05) is 14.1 Å². The monoisotopic (exact) mass is 253 g/mol. The van der Waals surface area contributed by atoms with Gasteiger partial charge in [0.1, 0.15) is 5.69 Å². The van der Waals surface area contributed by atoms with Gasteiger partial charge in [-0.15, -0.1) is 0 Å². The van der Waals surface area contributed by atoms with E-state index in [0.29, 0.717) is 24.5 Å². The first kappa shape index (κ1) is 14.0. The van der Waals surface area contributed by atoms with Gasteiger partial charge in [-0.25, -0.2) is 0 Å². The molecule has 0 aromatic carbocycles. The minimum atomic E-state index is 0.184. The third kappa shape index (κ3) is 3.22. The maximum atomic E-state index is 10.8. The Morgan fingerprint density at radius 1 is 1.50 bits per heavy atom. The van der Waals surface area contributed by atoms with Crippen molar-refractivity contribution in [2.24, 2.45) is 0 Å². The quantitative estimate of drug-likeness (QED) is 0.553. The fourth-order valence-electron chi connectivity index (χ4n) is 1.36. The number of nitrogen functional groups attached to an aromatic ring is 1. The van der Waals surface area contributed by atoms with Gasteiger partial charge in [0.25, 0.3) is 0 Å². The molecule has 0 aliphatic heterocycles. The van der Waals surface area contributed by atoms with Gasteiger partial charge in [-0.3, -0.25) is 4.79 Å². The van der Waals surface area contributed by atoms with Crippen LogP contribution in [0.25, 0.3) is 0 Å². The van der Waals surface area contributed by atoms with Crippen LogP contribution in [0.15, 0.2) is 0 Å². The third-order valence-corrected chi connectivity index (χ3v) is 2.37. The van der Waals surface area contributed by atoms with Gasteiger partial charge in [0.15, 0.2) is 11.6 Å². The molecule has 1 rings (SSSR count). The lowest BCUT2D eigenvalue weighted by atomic mass is 10.4. The summed E-state index contributed by atoms with van der Waals surface area (Å²) in [5, 5.41) is 2.87. The number of aromatic nitrogens is 2. The Hall–Kier alpha value is -2.05. The number of amides is 1. The number of hydrogen-bond acceptors (Lipinski definition) is 6. The zero-order valence-electron chi connectivity index (χ0n) is 10.9. The molecule has 100 valence electrons. The summed E-state index contributed by atoms with van der Waals surface area (Å²) in [4.78, 5) is 20.3. The number of anilines is 3. The summed E-state index contributed by atoms with van der Waals surface area (Å²) in [6, 6.07) is 0.184. The Balaban J connectivity index is 3.01. The van der Waals surface area contributed by atoms with Crippen LogP contribution in [0.3, 0.4) is 0 Å². The average Bonchev–Trinajstić information content (AvgIpc) is 2.37. The van der Waals surface area contributed by atoms with Crippen LogP contribution >= 0.6 is 0 Å². The standard InChI is InChI=1S/C11H19N5O2/c1-4-5-6-18-11-14-9(12)8(13-2)10(15-11)16(3)7-17/h7,13H,4-6H2,1-3H3,(H2,12,14,15). The molecule has 1 aromatic heterocycles. The Labute approximate surface area is 106 Å². The molecule has 7 heteroatoms. The number of nitrogens with zero attached hydrogens (tertiary/aromatic N) is 3. The van der Waals surface area contributed by atoms with E-state index in [1.165, 1.54) is 4.90 Å². The molecule has 0 aliphatic carbocycles. The molecule has 0 radical (unpaired) electrons. The highest BCUT2D eigenvalue weighted by atomic mass is 16.5. The largest absolute Gasteiger partial charge is 0.463 e. The van der Waals surface area contributed by atoms with Crippen LogP contribution in [0.5, 0.6) is 6.01 Å². The third-order valence-electron chi connectivity index (χ3n) is 2.37. The first-order valence-corrected chi connectivity index (χ1v) is 5.80. The smallest absolute Gasteiger partial charge is 0.320 e. The van der Waals surface area contributed by atoms with Crippen molar-refractivity contribution < 1.29 is 9.53 Å². The average molecular weight is 253 g/mol. The molecule has 1 heterocycles. The normalized spacial score (nSPS) is 9.94. The van der Waals surface area contributed by atoms with Crippen molar-refractivity contribution in [1.82, 2.24) is 9.97 Å². The molecule has 0 fully saturated rings. The summed E-state index contributed by atoms with van der Waals surface area (Å²) in [6.45, 7) is 2.59. The van der Waals surface area contributed by atoms with Gasteiger partial charge in [-0.05, 0) is 6.42 Å². The lowest BCUT2D eigenvalue weighted by molar-refractivity contribution is -0.107. The lowest BCUT2D eigenvalue weighted by Gasteiger charge is -2.16. The van der Waals surface area contributed by atoms with E-state index >= 15 is 0 Å². The van der Waals surface area contributed by atoms with Crippen molar-refractivity contribution in [3.63, 3.8) is 0 Å². The highest BCUT2D eigenvalue weighted by Crippen LogP contribution is 2.28. The highest BCUT2D eigenvalue weighted by Gasteiger charge is 2.15. The zero-order chi connectivity index (χ0) is 13.5. The minimum absolute atomic E-state index is 0.184. The van der Waals surface area contributed by atoms with Gasteiger partial charge in [-0.2, -0.15) is 9.97 Å². The summed E-state index contributed by atoms with van der Waals surface area (Å²) in [7, 11) is 3.28. The molecule has 0 aliphatic rings. The molecule has 18 heavy (non-hydrogen) atoms. The number of nitrogens with two attached hydrogens (primary N) is 1.